The zero-order chi connectivity index (χ0) is 16.5. The Morgan fingerprint density at radius 3 is 2.73 bits per heavy atom. The molecular formula is C18H30N2O2. The van der Waals surface area contributed by atoms with E-state index in [-0.39, 0.29) is 11.9 Å². The second-order valence-corrected chi connectivity index (χ2v) is 6.28. The van der Waals surface area contributed by atoms with Crippen LogP contribution in [0.25, 0.3) is 0 Å². The number of ether oxygens (including phenoxy) is 1. The summed E-state index contributed by atoms with van der Waals surface area (Å²) >= 11 is 0. The summed E-state index contributed by atoms with van der Waals surface area (Å²) in [6.45, 7) is 7.53. The fourth-order valence-electron chi connectivity index (χ4n) is 2.11. The van der Waals surface area contributed by atoms with Crippen molar-refractivity contribution in [3.63, 3.8) is 0 Å². The third-order valence-corrected chi connectivity index (χ3v) is 3.87. The molecule has 22 heavy (non-hydrogen) atoms. The van der Waals surface area contributed by atoms with Crippen molar-refractivity contribution >= 4 is 5.91 Å². The number of hydrogen-bond acceptors (Lipinski definition) is 3. The van der Waals surface area contributed by atoms with E-state index in [9.17, 15) is 4.79 Å². The summed E-state index contributed by atoms with van der Waals surface area (Å²) in [4.78, 5) is 13.8. The first-order valence-corrected chi connectivity index (χ1v) is 8.09. The van der Waals surface area contributed by atoms with Gasteiger partial charge in [0, 0.05) is 26.1 Å². The Morgan fingerprint density at radius 1 is 1.36 bits per heavy atom. The average molecular weight is 306 g/mol. The number of aryl methyl sites for hydroxylation is 1. The van der Waals surface area contributed by atoms with E-state index in [0.717, 1.165) is 25.1 Å². The number of amides is 1. The molecule has 0 saturated heterocycles. The average Bonchev–Trinajstić information content (AvgIpc) is 2.48. The highest BCUT2D eigenvalue weighted by Crippen LogP contribution is 2.13. The molecule has 0 saturated carbocycles. The fraction of sp³-hybridized carbons (Fsp3) is 0.611. The normalized spacial score (nSPS) is 12.3. The SMILES string of the molecule is Cc1cccc(OCCCC(=O)N(C)CCC(N)C(C)C)c1. The maximum atomic E-state index is 12.0. The Morgan fingerprint density at radius 2 is 2.09 bits per heavy atom. The summed E-state index contributed by atoms with van der Waals surface area (Å²) in [5.74, 6) is 1.47. The van der Waals surface area contributed by atoms with E-state index < -0.39 is 0 Å². The maximum Gasteiger partial charge on any atom is 0.222 e. The van der Waals surface area contributed by atoms with Gasteiger partial charge in [-0.05, 0) is 43.4 Å². The van der Waals surface area contributed by atoms with Crippen LogP contribution in [0.5, 0.6) is 5.75 Å². The first kappa shape index (κ1) is 18.5. The predicted octanol–water partition coefficient (Wildman–Crippen LogP) is 2.99. The Kier molecular flexibility index (Phi) is 7.96. The predicted molar refractivity (Wildman–Crippen MR) is 91.0 cm³/mol. The molecule has 0 aliphatic carbocycles. The molecule has 1 atom stereocenters. The molecule has 1 unspecified atom stereocenters. The number of hydrogen-bond donors (Lipinski definition) is 1. The summed E-state index contributed by atoms with van der Waals surface area (Å²) < 4.78 is 5.66. The van der Waals surface area contributed by atoms with Crippen LogP contribution in [0.2, 0.25) is 0 Å². The number of nitrogens with zero attached hydrogens (tertiary/aromatic N) is 1. The van der Waals surface area contributed by atoms with Gasteiger partial charge in [-0.3, -0.25) is 4.79 Å². The van der Waals surface area contributed by atoms with E-state index in [1.165, 1.54) is 5.56 Å². The van der Waals surface area contributed by atoms with Gasteiger partial charge >= 0.3 is 0 Å². The molecule has 0 bridgehead atoms. The van der Waals surface area contributed by atoms with Crippen molar-refractivity contribution in [2.24, 2.45) is 11.7 Å². The van der Waals surface area contributed by atoms with Crippen molar-refractivity contribution in [3.05, 3.63) is 29.8 Å². The minimum absolute atomic E-state index is 0.153. The van der Waals surface area contributed by atoms with E-state index in [2.05, 4.69) is 13.8 Å². The van der Waals surface area contributed by atoms with Crippen LogP contribution >= 0.6 is 0 Å². The standard InChI is InChI=1S/C18H30N2O2/c1-14(2)17(19)10-11-20(4)18(21)9-6-12-22-16-8-5-7-15(3)13-16/h5,7-8,13-14,17H,6,9-12,19H2,1-4H3. The van der Waals surface area contributed by atoms with Gasteiger partial charge in [-0.2, -0.15) is 0 Å². The van der Waals surface area contributed by atoms with E-state index >= 15 is 0 Å². The molecule has 1 aromatic rings. The van der Waals surface area contributed by atoms with Crippen LogP contribution in [0.3, 0.4) is 0 Å². The van der Waals surface area contributed by atoms with Crippen LogP contribution in [0.4, 0.5) is 0 Å². The van der Waals surface area contributed by atoms with Crippen molar-refractivity contribution in [1.82, 2.24) is 4.90 Å². The zero-order valence-electron chi connectivity index (χ0n) is 14.3. The fourth-order valence-corrected chi connectivity index (χ4v) is 2.11. The molecule has 0 aliphatic rings. The molecule has 4 heteroatoms. The van der Waals surface area contributed by atoms with E-state index in [1.807, 2.05) is 38.2 Å². The molecule has 1 rings (SSSR count). The van der Waals surface area contributed by atoms with Gasteiger partial charge in [0.15, 0.2) is 0 Å². The van der Waals surface area contributed by atoms with Crippen LogP contribution in [0.1, 0.15) is 38.7 Å². The molecule has 0 fully saturated rings. The highest BCUT2D eigenvalue weighted by atomic mass is 16.5. The van der Waals surface area contributed by atoms with Crippen molar-refractivity contribution in [2.45, 2.75) is 46.1 Å². The Hall–Kier alpha value is -1.55. The summed E-state index contributed by atoms with van der Waals surface area (Å²) in [6, 6.07) is 8.10. The first-order chi connectivity index (χ1) is 10.4. The molecule has 124 valence electrons. The lowest BCUT2D eigenvalue weighted by Crippen LogP contribution is -2.34. The molecule has 0 spiro atoms. The third-order valence-electron chi connectivity index (χ3n) is 3.87. The molecule has 1 amide bonds. The molecular weight excluding hydrogens is 276 g/mol. The van der Waals surface area contributed by atoms with Gasteiger partial charge in [-0.25, -0.2) is 0 Å². The number of rotatable bonds is 9. The maximum absolute atomic E-state index is 12.0. The largest absolute Gasteiger partial charge is 0.494 e. The molecule has 0 heterocycles. The van der Waals surface area contributed by atoms with E-state index in [4.69, 9.17) is 10.5 Å². The monoisotopic (exact) mass is 306 g/mol. The highest BCUT2D eigenvalue weighted by Gasteiger charge is 2.12. The first-order valence-electron chi connectivity index (χ1n) is 8.09. The number of carbonyl (C=O) groups is 1. The second kappa shape index (κ2) is 9.46. The third kappa shape index (κ3) is 6.94. The quantitative estimate of drug-likeness (QED) is 0.714. The van der Waals surface area contributed by atoms with Crippen LogP contribution in [0, 0.1) is 12.8 Å². The zero-order valence-corrected chi connectivity index (χ0v) is 14.3. The molecule has 1 aromatic carbocycles. The Bertz CT molecular complexity index is 460. The highest BCUT2D eigenvalue weighted by molar-refractivity contribution is 5.75. The summed E-state index contributed by atoms with van der Waals surface area (Å²) in [5, 5.41) is 0. The van der Waals surface area contributed by atoms with Crippen LogP contribution in [-0.2, 0) is 4.79 Å². The lowest BCUT2D eigenvalue weighted by atomic mass is 10.0. The van der Waals surface area contributed by atoms with E-state index in [1.54, 1.807) is 4.90 Å². The number of benzene rings is 1. The van der Waals surface area contributed by atoms with Crippen LogP contribution < -0.4 is 10.5 Å². The topological polar surface area (TPSA) is 55.6 Å². The van der Waals surface area contributed by atoms with Gasteiger partial charge in [-0.15, -0.1) is 0 Å². The number of carbonyl (C=O) groups excluding carboxylic acids is 1. The number of nitrogens with two attached hydrogens (primary N) is 1. The summed E-state index contributed by atoms with van der Waals surface area (Å²) in [6.07, 6.45) is 2.09. The van der Waals surface area contributed by atoms with Crippen molar-refractivity contribution in [1.29, 1.82) is 0 Å². The molecule has 2 N–H and O–H groups in total. The van der Waals surface area contributed by atoms with Gasteiger partial charge in [-0.1, -0.05) is 26.0 Å². The van der Waals surface area contributed by atoms with Gasteiger partial charge in [0.25, 0.3) is 0 Å². The minimum atomic E-state index is 0.153. The lowest BCUT2D eigenvalue weighted by Gasteiger charge is -2.21. The lowest BCUT2D eigenvalue weighted by molar-refractivity contribution is -0.130. The molecule has 0 aliphatic heterocycles. The van der Waals surface area contributed by atoms with Crippen LogP contribution in [0.15, 0.2) is 24.3 Å². The van der Waals surface area contributed by atoms with Gasteiger partial charge in [0.1, 0.15) is 5.75 Å². The molecule has 0 radical (unpaired) electrons. The second-order valence-electron chi connectivity index (χ2n) is 6.28. The van der Waals surface area contributed by atoms with Crippen molar-refractivity contribution in [2.75, 3.05) is 20.2 Å². The van der Waals surface area contributed by atoms with Gasteiger partial charge in [0.2, 0.25) is 5.91 Å². The smallest absolute Gasteiger partial charge is 0.222 e. The van der Waals surface area contributed by atoms with E-state index in [0.29, 0.717) is 18.9 Å². The molecule has 4 nitrogen and oxygen atoms in total. The Balaban J connectivity index is 2.19. The Labute approximate surface area is 134 Å². The van der Waals surface area contributed by atoms with Gasteiger partial charge < -0.3 is 15.4 Å². The van der Waals surface area contributed by atoms with Gasteiger partial charge in [0.05, 0.1) is 6.61 Å². The summed E-state index contributed by atoms with van der Waals surface area (Å²) in [7, 11) is 1.84. The molecule has 0 aromatic heterocycles. The minimum Gasteiger partial charge on any atom is -0.494 e. The van der Waals surface area contributed by atoms with Crippen molar-refractivity contribution in [3.8, 4) is 5.75 Å². The van der Waals surface area contributed by atoms with Crippen molar-refractivity contribution < 1.29 is 9.53 Å². The van der Waals surface area contributed by atoms with Crippen LogP contribution in [-0.4, -0.2) is 37.0 Å². The summed E-state index contributed by atoms with van der Waals surface area (Å²) in [5.41, 5.74) is 7.18.